The first kappa shape index (κ1) is 35.8. The number of carbonyl (C=O) groups excluding carboxylic acids is 1. The van der Waals surface area contributed by atoms with Gasteiger partial charge in [0.25, 0.3) is 5.91 Å². The summed E-state index contributed by atoms with van der Waals surface area (Å²) < 4.78 is 1.99. The lowest BCUT2D eigenvalue weighted by molar-refractivity contribution is 0.0827. The molecule has 1 amide bonds. The van der Waals surface area contributed by atoms with Crippen LogP contribution in [0.5, 0.6) is 0 Å². The van der Waals surface area contributed by atoms with Gasteiger partial charge in [0.2, 0.25) is 0 Å². The summed E-state index contributed by atoms with van der Waals surface area (Å²) in [5.41, 5.74) is 5.79. The highest BCUT2D eigenvalue weighted by Crippen LogP contribution is 2.38. The summed E-state index contributed by atoms with van der Waals surface area (Å²) in [7, 11) is 3.49. The number of rotatable bonds is 10. The molecule has 3 heterocycles. The maximum Gasteiger partial charge on any atom is 0.253 e. The zero-order valence-electron chi connectivity index (χ0n) is 30.2. The Morgan fingerprint density at radius 2 is 1.76 bits per heavy atom. The second kappa shape index (κ2) is 15.1. The van der Waals surface area contributed by atoms with Crippen molar-refractivity contribution in [1.29, 1.82) is 5.26 Å². The summed E-state index contributed by atoms with van der Waals surface area (Å²) in [6.45, 7) is 10.9. The molecule has 0 saturated carbocycles. The number of benzene rings is 3. The molecule has 0 spiro atoms. The van der Waals surface area contributed by atoms with Crippen molar-refractivity contribution < 1.29 is 4.79 Å². The Morgan fingerprint density at radius 1 is 1.04 bits per heavy atom. The largest absolute Gasteiger partial charge is 0.377 e. The Morgan fingerprint density at radius 3 is 2.43 bits per heavy atom. The number of nitriles is 1. The number of fused-ring (bicyclic) bond motifs is 1. The molecular formula is C40H46ClN9O. The van der Waals surface area contributed by atoms with Gasteiger partial charge in [0.15, 0.2) is 0 Å². The quantitative estimate of drug-likeness (QED) is 0.149. The third-order valence-corrected chi connectivity index (χ3v) is 10.1. The summed E-state index contributed by atoms with van der Waals surface area (Å²) in [6.07, 6.45) is 6.36. The number of piperidine rings is 1. The second-order valence-corrected chi connectivity index (χ2v) is 14.9. The fourth-order valence-corrected chi connectivity index (χ4v) is 7.14. The van der Waals surface area contributed by atoms with Crippen LogP contribution in [0.2, 0.25) is 5.02 Å². The van der Waals surface area contributed by atoms with Gasteiger partial charge >= 0.3 is 0 Å². The normalized spacial score (nSPS) is 15.3. The molecule has 1 aliphatic heterocycles. The number of amides is 1. The number of nitrogens with zero attached hydrogens (tertiary/aromatic N) is 7. The van der Waals surface area contributed by atoms with Crippen LogP contribution < -0.4 is 10.6 Å². The number of pyridine rings is 1. The van der Waals surface area contributed by atoms with Crippen molar-refractivity contribution in [1.82, 2.24) is 29.8 Å². The Balaban J connectivity index is 1.40. The van der Waals surface area contributed by atoms with Crippen molar-refractivity contribution in [3.8, 4) is 6.07 Å². The zero-order valence-corrected chi connectivity index (χ0v) is 30.9. The molecule has 51 heavy (non-hydrogen) atoms. The molecule has 11 heteroatoms. The lowest BCUT2D eigenvalue weighted by atomic mass is 9.98. The average molecular weight is 704 g/mol. The lowest BCUT2D eigenvalue weighted by Crippen LogP contribution is -2.46. The average Bonchev–Trinajstić information content (AvgIpc) is 3.62. The molecule has 1 aliphatic rings. The highest BCUT2D eigenvalue weighted by atomic mass is 35.5. The molecule has 0 unspecified atom stereocenters. The topological polar surface area (TPSA) is 115 Å². The maximum absolute atomic E-state index is 13.0. The highest BCUT2D eigenvalue weighted by molar-refractivity contribution is 6.35. The first-order valence-electron chi connectivity index (χ1n) is 17.6. The minimum absolute atomic E-state index is 0.0330. The number of likely N-dealkylation sites (tertiary alicyclic amines) is 1. The van der Waals surface area contributed by atoms with Gasteiger partial charge in [0.1, 0.15) is 11.8 Å². The molecule has 1 fully saturated rings. The van der Waals surface area contributed by atoms with Gasteiger partial charge in [-0.2, -0.15) is 5.26 Å². The van der Waals surface area contributed by atoms with E-state index in [4.69, 9.17) is 16.7 Å². The molecule has 2 atom stereocenters. The Bertz CT molecular complexity index is 2040. The zero-order chi connectivity index (χ0) is 36.3. The maximum atomic E-state index is 13.0. The smallest absolute Gasteiger partial charge is 0.253 e. The Kier molecular flexibility index (Phi) is 10.6. The summed E-state index contributed by atoms with van der Waals surface area (Å²) in [6, 6.07) is 23.7. The summed E-state index contributed by atoms with van der Waals surface area (Å²) >= 11 is 6.94. The molecule has 1 saturated heterocycles. The number of nitrogens with one attached hydrogen (secondary N) is 2. The van der Waals surface area contributed by atoms with E-state index >= 15 is 0 Å². The monoisotopic (exact) mass is 703 g/mol. The number of halogens is 1. The number of hydrogen-bond acceptors (Lipinski definition) is 8. The van der Waals surface area contributed by atoms with Crippen LogP contribution in [0, 0.1) is 11.3 Å². The van der Waals surface area contributed by atoms with Gasteiger partial charge in [-0.05, 0) is 75.4 Å². The van der Waals surface area contributed by atoms with Gasteiger partial charge in [0.05, 0.1) is 46.1 Å². The van der Waals surface area contributed by atoms with Gasteiger partial charge in [-0.25, -0.2) is 4.68 Å². The lowest BCUT2D eigenvalue weighted by Gasteiger charge is -2.40. The van der Waals surface area contributed by atoms with Gasteiger partial charge in [-0.15, -0.1) is 5.10 Å². The van der Waals surface area contributed by atoms with E-state index < -0.39 is 6.04 Å². The first-order chi connectivity index (χ1) is 24.5. The van der Waals surface area contributed by atoms with E-state index in [9.17, 15) is 10.1 Å². The molecule has 0 aliphatic carbocycles. The van der Waals surface area contributed by atoms with Crippen molar-refractivity contribution in [3.05, 3.63) is 112 Å². The highest BCUT2D eigenvalue weighted by Gasteiger charge is 2.29. The van der Waals surface area contributed by atoms with Gasteiger partial charge in [0, 0.05) is 55.6 Å². The summed E-state index contributed by atoms with van der Waals surface area (Å²) in [5.74, 6) is -0.0895. The molecule has 264 valence electrons. The van der Waals surface area contributed by atoms with E-state index in [-0.39, 0.29) is 23.5 Å². The molecule has 2 N–H and O–H groups in total. The Labute approximate surface area is 305 Å². The molecule has 2 aromatic heterocycles. The third-order valence-electron chi connectivity index (χ3n) is 9.77. The Hall–Kier alpha value is -4.98. The van der Waals surface area contributed by atoms with Crippen molar-refractivity contribution in [2.75, 3.05) is 37.8 Å². The fraction of sp³-hybridized carbons (Fsp3) is 0.375. The third kappa shape index (κ3) is 7.85. The van der Waals surface area contributed by atoms with E-state index in [2.05, 4.69) is 71.6 Å². The van der Waals surface area contributed by atoms with Gasteiger partial charge < -0.3 is 15.5 Å². The standard InChI is InChI=1S/C40H46ClN9O/c1-7-34(26-12-9-8-10-13-26)45-36-29(23-42)24-43-38-32(36)21-30(22-33(38)41)44-37(27-14-11-15-28(20-27)39(51)48(5)6)35-25-50(47-46-35)31-16-18-49(19-17-31)40(2,3)4/h8-15,20-22,24-25,31,34,37,44H,7,16-19H2,1-6H3,(H,43,45)/t34-,37+/m1/s1. The summed E-state index contributed by atoms with van der Waals surface area (Å²) in [5, 5.41) is 28.0. The van der Waals surface area contributed by atoms with Gasteiger partial charge in [-0.3, -0.25) is 14.7 Å². The van der Waals surface area contributed by atoms with Crippen LogP contribution in [0.1, 0.15) is 97.8 Å². The number of aromatic nitrogens is 4. The second-order valence-electron chi connectivity index (χ2n) is 14.4. The van der Waals surface area contributed by atoms with Crippen LogP contribution in [0.4, 0.5) is 11.4 Å². The summed E-state index contributed by atoms with van der Waals surface area (Å²) in [4.78, 5) is 21.7. The number of hydrogen-bond donors (Lipinski definition) is 2. The molecule has 6 rings (SSSR count). The van der Waals surface area contributed by atoms with Crippen LogP contribution in [-0.4, -0.2) is 68.4 Å². The first-order valence-corrected chi connectivity index (χ1v) is 17.9. The van der Waals surface area contributed by atoms with Crippen LogP contribution in [-0.2, 0) is 0 Å². The van der Waals surface area contributed by atoms with Crippen LogP contribution >= 0.6 is 11.6 Å². The van der Waals surface area contributed by atoms with Crippen LogP contribution in [0.25, 0.3) is 10.9 Å². The number of anilines is 2. The predicted molar refractivity (Wildman–Crippen MR) is 204 cm³/mol. The van der Waals surface area contributed by atoms with E-state index in [0.717, 1.165) is 54.6 Å². The molecule has 5 aromatic rings. The van der Waals surface area contributed by atoms with Gasteiger partial charge in [-0.1, -0.05) is 66.2 Å². The molecule has 10 nitrogen and oxygen atoms in total. The minimum atomic E-state index is -0.465. The van der Waals surface area contributed by atoms with E-state index in [1.54, 1.807) is 25.2 Å². The van der Waals surface area contributed by atoms with Crippen LogP contribution in [0.3, 0.4) is 0 Å². The van der Waals surface area contributed by atoms with Crippen LogP contribution in [0.15, 0.2) is 79.1 Å². The van der Waals surface area contributed by atoms with Crippen molar-refractivity contribution in [2.45, 2.75) is 70.6 Å². The predicted octanol–water partition coefficient (Wildman–Crippen LogP) is 8.25. The van der Waals surface area contributed by atoms with Crippen molar-refractivity contribution in [3.63, 3.8) is 0 Å². The fourth-order valence-electron chi connectivity index (χ4n) is 6.87. The van der Waals surface area contributed by atoms with Crippen molar-refractivity contribution in [2.24, 2.45) is 0 Å². The van der Waals surface area contributed by atoms with E-state index in [0.29, 0.717) is 33.0 Å². The van der Waals surface area contributed by atoms with Crippen molar-refractivity contribution >= 4 is 39.8 Å². The molecule has 3 aromatic carbocycles. The molecule has 0 radical (unpaired) electrons. The molecule has 0 bridgehead atoms. The number of carbonyl (C=O) groups is 1. The van der Waals surface area contributed by atoms with E-state index in [1.165, 1.54) is 0 Å². The molecular weight excluding hydrogens is 658 g/mol. The van der Waals surface area contributed by atoms with E-state index in [1.807, 2.05) is 65.5 Å². The SMILES string of the molecule is CC[C@@H](Nc1c(C#N)cnc2c(Cl)cc(N[C@@H](c3cccc(C(=O)N(C)C)c3)c3cn(C4CCN(C(C)(C)C)CC4)nn3)cc12)c1ccccc1. The minimum Gasteiger partial charge on any atom is -0.377 e.